The summed E-state index contributed by atoms with van der Waals surface area (Å²) in [6.45, 7) is 1.41. The summed E-state index contributed by atoms with van der Waals surface area (Å²) in [5, 5.41) is 8.80. The summed E-state index contributed by atoms with van der Waals surface area (Å²) in [7, 11) is 1.79. The number of aliphatic hydroxyl groups excluding tert-OH is 1. The van der Waals surface area contributed by atoms with Crippen molar-refractivity contribution in [3.63, 3.8) is 0 Å². The third-order valence-corrected chi connectivity index (χ3v) is 3.26. The van der Waals surface area contributed by atoms with Gasteiger partial charge in [-0.3, -0.25) is 9.69 Å². The van der Waals surface area contributed by atoms with Gasteiger partial charge in [-0.05, 0) is 19.9 Å². The molecule has 0 atom stereocenters. The minimum absolute atomic E-state index is 0.184. The van der Waals surface area contributed by atoms with Gasteiger partial charge in [-0.2, -0.15) is 13.2 Å². The van der Waals surface area contributed by atoms with E-state index in [0.717, 1.165) is 16.3 Å². The molecule has 0 aliphatic rings. The zero-order valence-corrected chi connectivity index (χ0v) is 11.8. The molecule has 20 heavy (non-hydrogen) atoms. The maximum atomic E-state index is 12.4. The van der Waals surface area contributed by atoms with Gasteiger partial charge < -0.3 is 9.67 Å². The number of alkyl halides is 3. The van der Waals surface area contributed by atoms with Crippen molar-refractivity contribution in [2.24, 2.45) is 7.05 Å². The van der Waals surface area contributed by atoms with E-state index in [1.165, 1.54) is 0 Å². The van der Waals surface area contributed by atoms with Crippen LogP contribution in [-0.4, -0.2) is 52.8 Å². The fourth-order valence-electron chi connectivity index (χ4n) is 2.03. The van der Waals surface area contributed by atoms with Gasteiger partial charge in [0.15, 0.2) is 5.78 Å². The molecule has 0 aliphatic carbocycles. The van der Waals surface area contributed by atoms with Crippen LogP contribution >= 0.6 is 0 Å². The number of rotatable bonds is 6. The summed E-state index contributed by atoms with van der Waals surface area (Å²) >= 11 is 0. The molecule has 7 heteroatoms. The summed E-state index contributed by atoms with van der Waals surface area (Å²) in [4.78, 5) is 13.0. The Kier molecular flexibility index (Phi) is 5.35. The number of nitrogens with zero attached hydrogens (tertiary/aromatic N) is 2. The van der Waals surface area contributed by atoms with Crippen LogP contribution in [0, 0.1) is 13.8 Å². The number of carbonyl (C=O) groups excluding carboxylic acids is 1. The van der Waals surface area contributed by atoms with Crippen molar-refractivity contribution in [1.82, 2.24) is 9.47 Å². The van der Waals surface area contributed by atoms with E-state index in [0.29, 0.717) is 5.56 Å². The molecule has 0 aliphatic heterocycles. The molecule has 1 N–H and O–H groups in total. The van der Waals surface area contributed by atoms with Gasteiger partial charge in [0.05, 0.1) is 19.7 Å². The van der Waals surface area contributed by atoms with Crippen LogP contribution in [-0.2, 0) is 7.05 Å². The van der Waals surface area contributed by atoms with Gasteiger partial charge in [0.25, 0.3) is 0 Å². The van der Waals surface area contributed by atoms with Crippen LogP contribution in [0.5, 0.6) is 0 Å². The summed E-state index contributed by atoms with van der Waals surface area (Å²) in [5.41, 5.74) is 2.02. The molecule has 1 aromatic heterocycles. The van der Waals surface area contributed by atoms with E-state index in [4.69, 9.17) is 5.11 Å². The fourth-order valence-corrected chi connectivity index (χ4v) is 2.03. The van der Waals surface area contributed by atoms with Crippen LogP contribution in [0.2, 0.25) is 0 Å². The Morgan fingerprint density at radius 2 is 2.00 bits per heavy atom. The van der Waals surface area contributed by atoms with Crippen LogP contribution < -0.4 is 0 Å². The van der Waals surface area contributed by atoms with Gasteiger partial charge in [0, 0.05) is 30.5 Å². The number of aliphatic hydroxyl groups is 1. The Bertz CT molecular complexity index is 481. The van der Waals surface area contributed by atoms with E-state index < -0.39 is 19.3 Å². The summed E-state index contributed by atoms with van der Waals surface area (Å²) < 4.78 is 39.0. The quantitative estimate of drug-likeness (QED) is 0.811. The molecule has 0 radical (unpaired) electrons. The SMILES string of the molecule is Cc1cc(C(=O)CN(CCO)CC(F)(F)F)c(C)n1C. The molecule has 1 rings (SSSR count). The number of hydrogen-bond donors (Lipinski definition) is 1. The highest BCUT2D eigenvalue weighted by Gasteiger charge is 2.31. The third kappa shape index (κ3) is 4.35. The first-order valence-corrected chi connectivity index (χ1v) is 6.21. The zero-order valence-electron chi connectivity index (χ0n) is 11.8. The van der Waals surface area contributed by atoms with Crippen LogP contribution in [0.15, 0.2) is 6.07 Å². The van der Waals surface area contributed by atoms with Crippen LogP contribution in [0.25, 0.3) is 0 Å². The van der Waals surface area contributed by atoms with Crippen LogP contribution in [0.3, 0.4) is 0 Å². The Hall–Kier alpha value is -1.34. The zero-order chi connectivity index (χ0) is 15.5. The largest absolute Gasteiger partial charge is 0.401 e. The molecule has 1 aromatic rings. The predicted octanol–water partition coefficient (Wildman–Crippen LogP) is 1.68. The average Bonchev–Trinajstić information content (AvgIpc) is 2.55. The van der Waals surface area contributed by atoms with Gasteiger partial charge in [-0.15, -0.1) is 0 Å². The summed E-state index contributed by atoms with van der Waals surface area (Å²) in [5.74, 6) is -0.371. The van der Waals surface area contributed by atoms with E-state index >= 15 is 0 Å². The number of Topliss-reactive ketones (excluding diaryl/α,β-unsaturated/α-hetero) is 1. The lowest BCUT2D eigenvalue weighted by atomic mass is 10.1. The molecule has 0 amide bonds. The maximum Gasteiger partial charge on any atom is 0.401 e. The number of carbonyl (C=O) groups is 1. The Balaban J connectivity index is 2.82. The van der Waals surface area contributed by atoms with Crippen molar-refractivity contribution in [1.29, 1.82) is 0 Å². The number of ketones is 1. The first-order chi connectivity index (χ1) is 9.15. The molecule has 1 heterocycles. The van der Waals surface area contributed by atoms with E-state index in [9.17, 15) is 18.0 Å². The van der Waals surface area contributed by atoms with E-state index in [1.54, 1.807) is 20.0 Å². The first kappa shape index (κ1) is 16.7. The highest BCUT2D eigenvalue weighted by atomic mass is 19.4. The number of aromatic nitrogens is 1. The second-order valence-corrected chi connectivity index (χ2v) is 4.82. The fraction of sp³-hybridized carbons (Fsp3) is 0.615. The maximum absolute atomic E-state index is 12.4. The van der Waals surface area contributed by atoms with Gasteiger partial charge in [0.2, 0.25) is 0 Å². The molecule has 114 valence electrons. The molecule has 0 unspecified atom stereocenters. The van der Waals surface area contributed by atoms with Crippen molar-refractivity contribution >= 4 is 5.78 Å². The molecular weight excluding hydrogens is 273 g/mol. The third-order valence-electron chi connectivity index (χ3n) is 3.26. The molecule has 0 saturated heterocycles. The summed E-state index contributed by atoms with van der Waals surface area (Å²) in [6.07, 6.45) is -4.39. The number of hydrogen-bond acceptors (Lipinski definition) is 3. The molecule has 0 spiro atoms. The smallest absolute Gasteiger partial charge is 0.395 e. The lowest BCUT2D eigenvalue weighted by Crippen LogP contribution is -2.39. The molecule has 0 saturated carbocycles. The van der Waals surface area contributed by atoms with E-state index in [1.807, 2.05) is 11.5 Å². The number of aryl methyl sites for hydroxylation is 1. The second kappa shape index (κ2) is 6.41. The lowest BCUT2D eigenvalue weighted by molar-refractivity contribution is -0.145. The van der Waals surface area contributed by atoms with Crippen molar-refractivity contribution in [2.45, 2.75) is 20.0 Å². The standard InChI is InChI=1S/C13H19F3N2O2/c1-9-6-11(10(2)17(9)3)12(20)7-18(4-5-19)8-13(14,15)16/h6,19H,4-5,7-8H2,1-3H3. The van der Waals surface area contributed by atoms with Gasteiger partial charge in [0.1, 0.15) is 0 Å². The normalized spacial score (nSPS) is 12.2. The Morgan fingerprint density at radius 1 is 1.40 bits per heavy atom. The predicted molar refractivity (Wildman–Crippen MR) is 68.8 cm³/mol. The molecular formula is C13H19F3N2O2. The molecule has 0 aromatic carbocycles. The van der Waals surface area contributed by atoms with Crippen molar-refractivity contribution in [2.75, 3.05) is 26.2 Å². The van der Waals surface area contributed by atoms with Crippen molar-refractivity contribution in [3.05, 3.63) is 23.0 Å². The van der Waals surface area contributed by atoms with Gasteiger partial charge >= 0.3 is 6.18 Å². The Morgan fingerprint density at radius 3 is 2.40 bits per heavy atom. The van der Waals surface area contributed by atoms with E-state index in [2.05, 4.69) is 0 Å². The van der Waals surface area contributed by atoms with E-state index in [-0.39, 0.29) is 18.9 Å². The molecule has 0 fully saturated rings. The Labute approximate surface area is 115 Å². The summed E-state index contributed by atoms with van der Waals surface area (Å²) in [6, 6.07) is 1.67. The minimum Gasteiger partial charge on any atom is -0.395 e. The minimum atomic E-state index is -4.39. The topological polar surface area (TPSA) is 45.5 Å². The van der Waals surface area contributed by atoms with Crippen LogP contribution in [0.1, 0.15) is 21.7 Å². The van der Waals surface area contributed by atoms with Gasteiger partial charge in [-0.25, -0.2) is 0 Å². The average molecular weight is 292 g/mol. The lowest BCUT2D eigenvalue weighted by Gasteiger charge is -2.21. The monoisotopic (exact) mass is 292 g/mol. The molecule has 4 nitrogen and oxygen atoms in total. The van der Waals surface area contributed by atoms with Crippen LogP contribution in [0.4, 0.5) is 13.2 Å². The van der Waals surface area contributed by atoms with Crippen molar-refractivity contribution < 1.29 is 23.1 Å². The second-order valence-electron chi connectivity index (χ2n) is 4.82. The first-order valence-electron chi connectivity index (χ1n) is 6.21. The highest BCUT2D eigenvalue weighted by Crippen LogP contribution is 2.18. The van der Waals surface area contributed by atoms with Crippen molar-refractivity contribution in [3.8, 4) is 0 Å². The van der Waals surface area contributed by atoms with Gasteiger partial charge in [-0.1, -0.05) is 0 Å². The number of halogens is 3. The highest BCUT2D eigenvalue weighted by molar-refractivity contribution is 5.99. The molecule has 0 bridgehead atoms.